The summed E-state index contributed by atoms with van der Waals surface area (Å²) in [5, 5.41) is 6.25. The van der Waals surface area contributed by atoms with Crippen LogP contribution in [0, 0.1) is 0 Å². The topological polar surface area (TPSA) is 33.3 Å². The van der Waals surface area contributed by atoms with Gasteiger partial charge in [-0.15, -0.1) is 0 Å². The lowest BCUT2D eigenvalue weighted by atomic mass is 10.2. The van der Waals surface area contributed by atoms with Crippen molar-refractivity contribution >= 4 is 0 Å². The SMILES string of the molecule is CNCC1CCC(CNC)O1. The van der Waals surface area contributed by atoms with Crippen molar-refractivity contribution in [3.05, 3.63) is 0 Å². The van der Waals surface area contributed by atoms with E-state index in [2.05, 4.69) is 10.6 Å². The fourth-order valence-electron chi connectivity index (χ4n) is 1.54. The van der Waals surface area contributed by atoms with Gasteiger partial charge in [-0.05, 0) is 26.9 Å². The molecule has 0 bridgehead atoms. The van der Waals surface area contributed by atoms with Crippen molar-refractivity contribution < 1.29 is 4.74 Å². The molecule has 1 fully saturated rings. The van der Waals surface area contributed by atoms with Crippen LogP contribution in [0.1, 0.15) is 12.8 Å². The molecule has 0 aromatic carbocycles. The molecule has 0 saturated carbocycles. The summed E-state index contributed by atoms with van der Waals surface area (Å²) in [6, 6.07) is 0. The van der Waals surface area contributed by atoms with Crippen LogP contribution in [0.15, 0.2) is 0 Å². The van der Waals surface area contributed by atoms with E-state index in [1.165, 1.54) is 12.8 Å². The molecule has 2 N–H and O–H groups in total. The zero-order valence-electron chi connectivity index (χ0n) is 7.39. The van der Waals surface area contributed by atoms with Crippen LogP contribution in [0.5, 0.6) is 0 Å². The van der Waals surface area contributed by atoms with Gasteiger partial charge < -0.3 is 15.4 Å². The van der Waals surface area contributed by atoms with Gasteiger partial charge in [-0.1, -0.05) is 0 Å². The quantitative estimate of drug-likeness (QED) is 0.603. The summed E-state index contributed by atoms with van der Waals surface area (Å²) in [4.78, 5) is 0. The smallest absolute Gasteiger partial charge is 0.0704 e. The summed E-state index contributed by atoms with van der Waals surface area (Å²) in [7, 11) is 3.93. The molecule has 1 rings (SSSR count). The van der Waals surface area contributed by atoms with Crippen LogP contribution < -0.4 is 10.6 Å². The second-order valence-electron chi connectivity index (χ2n) is 3.07. The van der Waals surface area contributed by atoms with Crippen molar-refractivity contribution in [1.82, 2.24) is 10.6 Å². The standard InChI is InChI=1S/C8H18N2O/c1-9-5-7-3-4-8(11-7)6-10-2/h7-10H,3-6H2,1-2H3. The number of nitrogens with one attached hydrogen (secondary N) is 2. The van der Waals surface area contributed by atoms with Crippen molar-refractivity contribution in [2.24, 2.45) is 0 Å². The van der Waals surface area contributed by atoms with E-state index >= 15 is 0 Å². The summed E-state index contributed by atoms with van der Waals surface area (Å²) in [6.07, 6.45) is 3.29. The van der Waals surface area contributed by atoms with E-state index in [-0.39, 0.29) is 0 Å². The Hall–Kier alpha value is -0.120. The van der Waals surface area contributed by atoms with Gasteiger partial charge in [0.25, 0.3) is 0 Å². The fourth-order valence-corrected chi connectivity index (χ4v) is 1.54. The number of likely N-dealkylation sites (N-methyl/N-ethyl adjacent to an activating group) is 2. The van der Waals surface area contributed by atoms with Gasteiger partial charge >= 0.3 is 0 Å². The van der Waals surface area contributed by atoms with Crippen molar-refractivity contribution in [3.63, 3.8) is 0 Å². The van der Waals surface area contributed by atoms with E-state index in [0.29, 0.717) is 12.2 Å². The summed E-state index contributed by atoms with van der Waals surface area (Å²) < 4.78 is 5.72. The molecule has 11 heavy (non-hydrogen) atoms. The van der Waals surface area contributed by atoms with E-state index in [4.69, 9.17) is 4.74 Å². The van der Waals surface area contributed by atoms with Crippen molar-refractivity contribution in [2.45, 2.75) is 25.0 Å². The molecular weight excluding hydrogens is 140 g/mol. The van der Waals surface area contributed by atoms with Gasteiger partial charge in [0.2, 0.25) is 0 Å². The second-order valence-corrected chi connectivity index (χ2v) is 3.07. The van der Waals surface area contributed by atoms with E-state index in [1.807, 2.05) is 14.1 Å². The highest BCUT2D eigenvalue weighted by molar-refractivity contribution is 4.75. The molecule has 1 aliphatic heterocycles. The third-order valence-electron chi connectivity index (χ3n) is 2.06. The maximum Gasteiger partial charge on any atom is 0.0704 e. The van der Waals surface area contributed by atoms with Gasteiger partial charge in [-0.2, -0.15) is 0 Å². The minimum Gasteiger partial charge on any atom is -0.372 e. The molecule has 3 nitrogen and oxygen atoms in total. The molecule has 0 amide bonds. The van der Waals surface area contributed by atoms with Crippen LogP contribution >= 0.6 is 0 Å². The molecule has 2 atom stereocenters. The van der Waals surface area contributed by atoms with Gasteiger partial charge in [0.05, 0.1) is 12.2 Å². The molecule has 2 unspecified atom stereocenters. The van der Waals surface area contributed by atoms with Crippen LogP contribution in [-0.2, 0) is 4.74 Å². The molecule has 1 saturated heterocycles. The molecule has 0 aromatic rings. The van der Waals surface area contributed by atoms with Crippen LogP contribution in [0.2, 0.25) is 0 Å². The Balaban J connectivity index is 2.12. The Kier molecular flexibility index (Phi) is 3.83. The summed E-state index contributed by atoms with van der Waals surface area (Å²) in [5.41, 5.74) is 0. The van der Waals surface area contributed by atoms with Crippen LogP contribution in [0.25, 0.3) is 0 Å². The lowest BCUT2D eigenvalue weighted by Gasteiger charge is -2.12. The summed E-state index contributed by atoms with van der Waals surface area (Å²) in [5.74, 6) is 0. The Morgan fingerprint density at radius 3 is 1.91 bits per heavy atom. The molecule has 66 valence electrons. The molecular formula is C8H18N2O. The third-order valence-corrected chi connectivity index (χ3v) is 2.06. The number of rotatable bonds is 4. The van der Waals surface area contributed by atoms with Crippen LogP contribution in [0.4, 0.5) is 0 Å². The van der Waals surface area contributed by atoms with E-state index in [1.54, 1.807) is 0 Å². The van der Waals surface area contributed by atoms with E-state index in [0.717, 1.165) is 13.1 Å². The highest BCUT2D eigenvalue weighted by Gasteiger charge is 2.23. The predicted molar refractivity (Wildman–Crippen MR) is 45.7 cm³/mol. The maximum absolute atomic E-state index is 5.72. The Labute approximate surface area is 68.5 Å². The molecule has 0 aromatic heterocycles. The van der Waals surface area contributed by atoms with Gasteiger partial charge in [0, 0.05) is 13.1 Å². The lowest BCUT2D eigenvalue weighted by molar-refractivity contribution is 0.0479. The minimum absolute atomic E-state index is 0.443. The Morgan fingerprint density at radius 1 is 1.09 bits per heavy atom. The van der Waals surface area contributed by atoms with Gasteiger partial charge in [0.1, 0.15) is 0 Å². The molecule has 1 heterocycles. The Morgan fingerprint density at radius 2 is 1.55 bits per heavy atom. The molecule has 0 aliphatic carbocycles. The first-order chi connectivity index (χ1) is 5.36. The summed E-state index contributed by atoms with van der Waals surface area (Å²) >= 11 is 0. The monoisotopic (exact) mass is 158 g/mol. The highest BCUT2D eigenvalue weighted by Crippen LogP contribution is 2.18. The Bertz CT molecular complexity index is 96.3. The van der Waals surface area contributed by atoms with Crippen molar-refractivity contribution in [2.75, 3.05) is 27.2 Å². The van der Waals surface area contributed by atoms with E-state index in [9.17, 15) is 0 Å². The zero-order valence-corrected chi connectivity index (χ0v) is 7.39. The second kappa shape index (κ2) is 4.70. The third kappa shape index (κ3) is 2.77. The summed E-state index contributed by atoms with van der Waals surface area (Å²) in [6.45, 7) is 1.97. The first-order valence-corrected chi connectivity index (χ1v) is 4.31. The average molecular weight is 158 g/mol. The van der Waals surface area contributed by atoms with Crippen LogP contribution in [-0.4, -0.2) is 39.4 Å². The molecule has 3 heteroatoms. The largest absolute Gasteiger partial charge is 0.372 e. The first kappa shape index (κ1) is 8.97. The van der Waals surface area contributed by atoms with Gasteiger partial charge in [-0.25, -0.2) is 0 Å². The minimum atomic E-state index is 0.443. The average Bonchev–Trinajstić information content (AvgIpc) is 2.38. The number of hydrogen-bond acceptors (Lipinski definition) is 3. The van der Waals surface area contributed by atoms with Crippen molar-refractivity contribution in [3.8, 4) is 0 Å². The molecule has 1 aliphatic rings. The highest BCUT2D eigenvalue weighted by atomic mass is 16.5. The van der Waals surface area contributed by atoms with E-state index < -0.39 is 0 Å². The van der Waals surface area contributed by atoms with Gasteiger partial charge in [-0.3, -0.25) is 0 Å². The predicted octanol–water partition coefficient (Wildman–Crippen LogP) is -0.0272. The lowest BCUT2D eigenvalue weighted by Crippen LogP contribution is -2.27. The zero-order chi connectivity index (χ0) is 8.10. The molecule has 0 radical (unpaired) electrons. The number of hydrogen-bond donors (Lipinski definition) is 2. The fraction of sp³-hybridized carbons (Fsp3) is 1.00. The number of ether oxygens (including phenoxy) is 1. The van der Waals surface area contributed by atoms with Gasteiger partial charge in [0.15, 0.2) is 0 Å². The van der Waals surface area contributed by atoms with Crippen LogP contribution in [0.3, 0.4) is 0 Å². The normalized spacial score (nSPS) is 31.1. The molecule has 0 spiro atoms. The maximum atomic E-state index is 5.72. The van der Waals surface area contributed by atoms with Crippen molar-refractivity contribution in [1.29, 1.82) is 0 Å². The first-order valence-electron chi connectivity index (χ1n) is 4.31.